The molecule has 0 unspecified atom stereocenters. The smallest absolute Gasteiger partial charge is 0.418 e. The summed E-state index contributed by atoms with van der Waals surface area (Å²) in [6, 6.07) is 0. The van der Waals surface area contributed by atoms with Crippen LogP contribution in [0.2, 0.25) is 0 Å². The highest BCUT2D eigenvalue weighted by atomic mass is 35.5. The molecule has 0 aliphatic rings. The van der Waals surface area contributed by atoms with Crippen LogP contribution >= 0.6 is 11.6 Å². The second kappa shape index (κ2) is 7.28. The fraction of sp³-hybridized carbons (Fsp3) is 0.714. The van der Waals surface area contributed by atoms with E-state index in [-0.39, 0.29) is 6.42 Å². The fourth-order valence-electron chi connectivity index (χ4n) is 0.375. The first-order chi connectivity index (χ1) is 7.46. The summed E-state index contributed by atoms with van der Waals surface area (Å²) in [7, 11) is 0. The van der Waals surface area contributed by atoms with Gasteiger partial charge in [0.1, 0.15) is 0 Å². The third-order valence-electron chi connectivity index (χ3n) is 1.22. The first-order valence-electron chi connectivity index (χ1n) is 4.06. The van der Waals surface area contributed by atoms with Crippen LogP contribution in [-0.4, -0.2) is 40.0 Å². The summed E-state index contributed by atoms with van der Waals surface area (Å²) in [6.07, 6.45) is 0.770. The topological polar surface area (TPSA) is 101 Å². The number of alkyl halides is 5. The van der Waals surface area contributed by atoms with Crippen LogP contribution in [0.4, 0.5) is 17.6 Å². The maximum absolute atomic E-state index is 11.6. The quantitative estimate of drug-likeness (QED) is 0.522. The Balaban J connectivity index is 0. The molecule has 0 heterocycles. The fourth-order valence-corrected chi connectivity index (χ4v) is 0.455. The van der Waals surface area contributed by atoms with Crippen molar-refractivity contribution in [2.45, 2.75) is 24.1 Å². The number of hydrogen-bond donors (Lipinski definition) is 3. The Morgan fingerprint density at radius 1 is 1.18 bits per heavy atom. The van der Waals surface area contributed by atoms with Gasteiger partial charge in [-0.1, -0.05) is 0 Å². The summed E-state index contributed by atoms with van der Waals surface area (Å²) in [5.74, 6) is -8.94. The molecule has 0 atom stereocenters. The molecule has 0 saturated carbocycles. The number of carboxylic acids is 2. The number of carboxylic acid groups (broad SMARTS) is 2. The van der Waals surface area contributed by atoms with Gasteiger partial charge in [0.05, 0.1) is 0 Å². The van der Waals surface area contributed by atoms with Crippen molar-refractivity contribution in [2.75, 3.05) is 6.54 Å². The van der Waals surface area contributed by atoms with Crippen molar-refractivity contribution in [2.24, 2.45) is 5.73 Å². The van der Waals surface area contributed by atoms with Gasteiger partial charge >= 0.3 is 23.2 Å². The van der Waals surface area contributed by atoms with Crippen LogP contribution in [0.1, 0.15) is 12.8 Å². The zero-order valence-electron chi connectivity index (χ0n) is 8.30. The molecule has 0 saturated heterocycles. The molecule has 0 radical (unpaired) electrons. The average Bonchev–Trinajstić information content (AvgIpc) is 2.13. The van der Waals surface area contributed by atoms with Crippen LogP contribution in [0.25, 0.3) is 0 Å². The molecule has 0 fully saturated rings. The van der Waals surface area contributed by atoms with Crippen LogP contribution in [0, 0.1) is 0 Å². The average molecular weight is 284 g/mol. The summed E-state index contributed by atoms with van der Waals surface area (Å²) < 4.78 is 45.9. The molecule has 0 amide bonds. The van der Waals surface area contributed by atoms with Gasteiger partial charge in [-0.15, -0.1) is 0 Å². The van der Waals surface area contributed by atoms with E-state index >= 15 is 0 Å². The molecule has 0 bridgehead atoms. The Morgan fingerprint density at radius 2 is 1.59 bits per heavy atom. The highest BCUT2D eigenvalue weighted by molar-refractivity contribution is 6.23. The predicted molar refractivity (Wildman–Crippen MR) is 49.3 cm³/mol. The van der Waals surface area contributed by atoms with Gasteiger partial charge in [0.2, 0.25) is 0 Å². The van der Waals surface area contributed by atoms with Crippen molar-refractivity contribution >= 4 is 23.5 Å². The largest absolute Gasteiger partial charge is 0.481 e. The summed E-state index contributed by atoms with van der Waals surface area (Å²) in [4.78, 5) is 19.1. The molecular weight excluding hydrogens is 274 g/mol. The van der Waals surface area contributed by atoms with Crippen LogP contribution < -0.4 is 5.73 Å². The van der Waals surface area contributed by atoms with Crippen molar-refractivity contribution in [1.82, 2.24) is 0 Å². The van der Waals surface area contributed by atoms with E-state index in [9.17, 15) is 27.2 Å². The van der Waals surface area contributed by atoms with E-state index < -0.39 is 23.2 Å². The molecule has 0 aliphatic carbocycles. The standard InChI is InChI=1S/C4H9NO2.C3HClF4O2/c5-3-1-2-4(6)7;4-3(7,8)2(5,6)1(9)10/h1-3,5H2,(H,6,7);(H,9,10). The molecule has 10 heteroatoms. The summed E-state index contributed by atoms with van der Waals surface area (Å²) in [6.45, 7) is 0.465. The van der Waals surface area contributed by atoms with Crippen LogP contribution in [-0.2, 0) is 9.59 Å². The number of carbonyl (C=O) groups is 2. The van der Waals surface area contributed by atoms with Crippen molar-refractivity contribution in [3.8, 4) is 0 Å². The zero-order valence-corrected chi connectivity index (χ0v) is 9.06. The van der Waals surface area contributed by atoms with Crippen molar-refractivity contribution in [1.29, 1.82) is 0 Å². The lowest BCUT2D eigenvalue weighted by molar-refractivity contribution is -0.197. The Labute approximate surface area is 98.2 Å². The van der Waals surface area contributed by atoms with Gasteiger partial charge in [-0.25, -0.2) is 4.79 Å². The van der Waals surface area contributed by atoms with E-state index in [2.05, 4.69) is 11.6 Å². The third-order valence-corrected chi connectivity index (χ3v) is 1.46. The summed E-state index contributed by atoms with van der Waals surface area (Å²) >= 11 is 3.76. The number of rotatable bonds is 5. The van der Waals surface area contributed by atoms with Crippen LogP contribution in [0.3, 0.4) is 0 Å². The number of nitrogens with two attached hydrogens (primary N) is 1. The van der Waals surface area contributed by atoms with E-state index in [4.69, 9.17) is 15.9 Å². The molecule has 0 aromatic carbocycles. The second-order valence-electron chi connectivity index (χ2n) is 2.66. The van der Waals surface area contributed by atoms with Gasteiger partial charge in [0.25, 0.3) is 0 Å². The zero-order chi connectivity index (χ0) is 14.3. The summed E-state index contributed by atoms with van der Waals surface area (Å²) in [5.41, 5.74) is 5.01. The lowest BCUT2D eigenvalue weighted by atomic mass is 10.3. The molecule has 5 nitrogen and oxygen atoms in total. The van der Waals surface area contributed by atoms with Crippen molar-refractivity contribution < 1.29 is 37.4 Å². The first-order valence-corrected chi connectivity index (χ1v) is 4.44. The molecular formula is C7H10ClF4NO4. The number of aliphatic carboxylic acids is 2. The Bertz CT molecular complexity index is 269. The lowest BCUT2D eigenvalue weighted by Crippen LogP contribution is -2.43. The van der Waals surface area contributed by atoms with Gasteiger partial charge in [-0.3, -0.25) is 4.79 Å². The lowest BCUT2D eigenvalue weighted by Gasteiger charge is -2.15. The molecule has 102 valence electrons. The maximum atomic E-state index is 11.6. The second-order valence-corrected chi connectivity index (χ2v) is 3.14. The van der Waals surface area contributed by atoms with Crippen LogP contribution in [0.5, 0.6) is 0 Å². The van der Waals surface area contributed by atoms with Crippen LogP contribution in [0.15, 0.2) is 0 Å². The molecule has 17 heavy (non-hydrogen) atoms. The molecule has 0 aliphatic heterocycles. The van der Waals surface area contributed by atoms with E-state index in [1.54, 1.807) is 0 Å². The van der Waals surface area contributed by atoms with Crippen molar-refractivity contribution in [3.63, 3.8) is 0 Å². The van der Waals surface area contributed by atoms with Gasteiger partial charge in [-0.2, -0.15) is 17.6 Å². The maximum Gasteiger partial charge on any atom is 0.418 e. The highest BCUT2D eigenvalue weighted by Gasteiger charge is 2.61. The van der Waals surface area contributed by atoms with Gasteiger partial charge < -0.3 is 15.9 Å². The van der Waals surface area contributed by atoms with Gasteiger partial charge in [0, 0.05) is 6.42 Å². The Kier molecular flexibility index (Phi) is 7.83. The van der Waals surface area contributed by atoms with E-state index in [1.165, 1.54) is 0 Å². The molecule has 0 aromatic heterocycles. The third kappa shape index (κ3) is 7.75. The van der Waals surface area contributed by atoms with E-state index in [0.29, 0.717) is 13.0 Å². The molecule has 0 rings (SSSR count). The highest BCUT2D eigenvalue weighted by Crippen LogP contribution is 2.37. The minimum absolute atomic E-state index is 0.191. The normalized spacial score (nSPS) is 11.4. The SMILES string of the molecule is NCCCC(=O)O.O=C(O)C(F)(F)C(F)(F)Cl. The minimum Gasteiger partial charge on any atom is -0.481 e. The van der Waals surface area contributed by atoms with Gasteiger partial charge in [0.15, 0.2) is 0 Å². The Morgan fingerprint density at radius 3 is 1.65 bits per heavy atom. The van der Waals surface area contributed by atoms with Gasteiger partial charge in [-0.05, 0) is 24.6 Å². The van der Waals surface area contributed by atoms with E-state index in [1.807, 2.05) is 0 Å². The summed E-state index contributed by atoms with van der Waals surface area (Å²) in [5, 5.41) is 10.4. The van der Waals surface area contributed by atoms with Crippen molar-refractivity contribution in [3.05, 3.63) is 0 Å². The monoisotopic (exact) mass is 283 g/mol. The molecule has 0 aromatic rings. The predicted octanol–water partition coefficient (Wildman–Crippen LogP) is 1.35. The molecule has 4 N–H and O–H groups in total. The Hall–Kier alpha value is -1.09. The number of hydrogen-bond acceptors (Lipinski definition) is 3. The van der Waals surface area contributed by atoms with E-state index in [0.717, 1.165) is 0 Å². The molecule has 0 spiro atoms. The first kappa shape index (κ1) is 18.3. The number of halogens is 5. The minimum atomic E-state index is -5.21.